The van der Waals surface area contributed by atoms with Crippen LogP contribution in [0.4, 0.5) is 10.1 Å². The Kier molecular flexibility index (Phi) is 4.54. The molecule has 0 fully saturated rings. The van der Waals surface area contributed by atoms with E-state index >= 15 is 0 Å². The maximum Gasteiger partial charge on any atom is 0.270 e. The van der Waals surface area contributed by atoms with Crippen molar-refractivity contribution in [2.24, 2.45) is 10.7 Å². The molecule has 0 saturated heterocycles. The number of nitro benzene ring substituents is 1. The third-order valence-corrected chi connectivity index (χ3v) is 7.89. The zero-order valence-electron chi connectivity index (χ0n) is 15.6. The smallest absolute Gasteiger partial charge is 0.270 e. The van der Waals surface area contributed by atoms with Crippen molar-refractivity contribution in [3.8, 4) is 0 Å². The fourth-order valence-electron chi connectivity index (χ4n) is 3.53. The first-order chi connectivity index (χ1) is 12.9. The standard InChI is InChI=1S/C19H20FN3O4S/c1-12-5-4-6-13(9-12)19(3)17(21)22-18(2,11-28(19,26)27)15-10-14(23(24)25)7-8-16(15)20/h4-10H,11H2,1-3H3,(H2,21,22)/t18-,19-/m0/s1. The zero-order chi connectivity index (χ0) is 20.9. The highest BCUT2D eigenvalue weighted by Crippen LogP contribution is 2.43. The molecule has 2 N–H and O–H groups in total. The number of halogens is 1. The van der Waals surface area contributed by atoms with E-state index in [0.29, 0.717) is 5.56 Å². The summed E-state index contributed by atoms with van der Waals surface area (Å²) in [5.74, 6) is -1.50. The lowest BCUT2D eigenvalue weighted by Crippen LogP contribution is -2.54. The third kappa shape index (κ3) is 2.95. The minimum Gasteiger partial charge on any atom is -0.386 e. The normalized spacial score (nSPS) is 26.5. The van der Waals surface area contributed by atoms with Crippen LogP contribution in [0.25, 0.3) is 0 Å². The van der Waals surface area contributed by atoms with E-state index in [1.54, 1.807) is 18.2 Å². The number of sulfone groups is 1. The molecule has 2 aromatic rings. The second-order valence-corrected chi connectivity index (χ2v) is 9.69. The van der Waals surface area contributed by atoms with Crippen molar-refractivity contribution in [2.75, 3.05) is 5.75 Å². The number of aryl methyl sites for hydroxylation is 1. The fourth-order valence-corrected chi connectivity index (χ4v) is 5.62. The molecular weight excluding hydrogens is 385 g/mol. The minimum atomic E-state index is -3.94. The number of non-ortho nitro benzene ring substituents is 1. The lowest BCUT2D eigenvalue weighted by atomic mass is 9.91. The molecule has 1 aliphatic rings. The number of amidine groups is 1. The number of benzene rings is 2. The van der Waals surface area contributed by atoms with Gasteiger partial charge in [0, 0.05) is 17.7 Å². The van der Waals surface area contributed by atoms with E-state index in [1.807, 2.05) is 13.0 Å². The topological polar surface area (TPSA) is 116 Å². The van der Waals surface area contributed by atoms with Gasteiger partial charge in [-0.3, -0.25) is 15.1 Å². The van der Waals surface area contributed by atoms with Gasteiger partial charge in [0.05, 0.1) is 10.7 Å². The van der Waals surface area contributed by atoms with E-state index in [4.69, 9.17) is 5.73 Å². The number of nitro groups is 1. The third-order valence-electron chi connectivity index (χ3n) is 5.26. The van der Waals surface area contributed by atoms with Crippen molar-refractivity contribution < 1.29 is 17.7 Å². The average molecular weight is 405 g/mol. The first-order valence-corrected chi connectivity index (χ1v) is 10.2. The lowest BCUT2D eigenvalue weighted by Gasteiger charge is -2.40. The Morgan fingerprint density at radius 1 is 1.21 bits per heavy atom. The van der Waals surface area contributed by atoms with Crippen molar-refractivity contribution in [3.05, 3.63) is 75.1 Å². The Hall–Kier alpha value is -2.81. The molecule has 1 heterocycles. The summed E-state index contributed by atoms with van der Waals surface area (Å²) in [5.41, 5.74) is 5.36. The first kappa shape index (κ1) is 19.9. The maximum absolute atomic E-state index is 14.5. The second kappa shape index (κ2) is 6.37. The summed E-state index contributed by atoms with van der Waals surface area (Å²) in [6.45, 7) is 4.72. The number of hydrogen-bond donors (Lipinski definition) is 1. The van der Waals surface area contributed by atoms with E-state index in [-0.39, 0.29) is 17.1 Å². The van der Waals surface area contributed by atoms with Gasteiger partial charge >= 0.3 is 0 Å². The molecule has 0 amide bonds. The second-order valence-electron chi connectivity index (χ2n) is 7.35. The van der Waals surface area contributed by atoms with E-state index in [0.717, 1.165) is 23.8 Å². The maximum atomic E-state index is 14.5. The highest BCUT2D eigenvalue weighted by Gasteiger charge is 2.53. The molecule has 3 rings (SSSR count). The van der Waals surface area contributed by atoms with Gasteiger partial charge in [-0.25, -0.2) is 12.8 Å². The molecule has 9 heteroatoms. The Morgan fingerprint density at radius 3 is 2.46 bits per heavy atom. The van der Waals surface area contributed by atoms with Gasteiger partial charge < -0.3 is 5.73 Å². The highest BCUT2D eigenvalue weighted by molar-refractivity contribution is 7.93. The molecule has 0 unspecified atom stereocenters. The number of hydrogen-bond acceptors (Lipinski definition) is 6. The highest BCUT2D eigenvalue weighted by atomic mass is 32.2. The van der Waals surface area contributed by atoms with Crippen LogP contribution in [0.3, 0.4) is 0 Å². The summed E-state index contributed by atoms with van der Waals surface area (Å²) in [6.07, 6.45) is 0. The number of nitrogens with two attached hydrogens (primary N) is 1. The van der Waals surface area contributed by atoms with Crippen LogP contribution in [-0.2, 0) is 20.1 Å². The Labute approximate surface area is 162 Å². The fraction of sp³-hybridized carbons (Fsp3) is 0.316. The first-order valence-electron chi connectivity index (χ1n) is 8.50. The number of aliphatic imine (C=N–C) groups is 1. The van der Waals surface area contributed by atoms with Gasteiger partial charge in [-0.15, -0.1) is 0 Å². The Balaban J connectivity index is 2.23. The molecule has 7 nitrogen and oxygen atoms in total. The Bertz CT molecular complexity index is 1120. The SMILES string of the molecule is Cc1cccc([C@@]2(C)C(N)=N[C@](C)(c3cc([N+](=O)[O-])ccc3F)CS2(=O)=O)c1. The predicted molar refractivity (Wildman–Crippen MR) is 104 cm³/mol. The van der Waals surface area contributed by atoms with Crippen LogP contribution < -0.4 is 5.73 Å². The molecule has 0 aliphatic carbocycles. The van der Waals surface area contributed by atoms with Crippen LogP contribution in [0.5, 0.6) is 0 Å². The molecule has 28 heavy (non-hydrogen) atoms. The van der Waals surface area contributed by atoms with E-state index in [9.17, 15) is 22.9 Å². The van der Waals surface area contributed by atoms with Crippen LogP contribution in [0.2, 0.25) is 0 Å². The quantitative estimate of drug-likeness (QED) is 0.623. The van der Waals surface area contributed by atoms with Crippen LogP contribution in [0.1, 0.15) is 30.5 Å². The zero-order valence-corrected chi connectivity index (χ0v) is 16.5. The average Bonchev–Trinajstić information content (AvgIpc) is 2.59. The van der Waals surface area contributed by atoms with Gasteiger partial charge in [0.15, 0.2) is 14.6 Å². The molecule has 2 aromatic carbocycles. The van der Waals surface area contributed by atoms with Crippen LogP contribution >= 0.6 is 0 Å². The minimum absolute atomic E-state index is 0.181. The number of rotatable bonds is 3. The van der Waals surface area contributed by atoms with Crippen molar-refractivity contribution >= 4 is 21.4 Å². The van der Waals surface area contributed by atoms with Crippen molar-refractivity contribution in [2.45, 2.75) is 31.1 Å². The summed E-state index contributed by atoms with van der Waals surface area (Å²) in [5, 5.41) is 11.1. The van der Waals surface area contributed by atoms with Crippen LogP contribution in [0, 0.1) is 22.9 Å². The summed E-state index contributed by atoms with van der Waals surface area (Å²) in [6, 6.07) is 9.90. The van der Waals surface area contributed by atoms with Gasteiger partial charge in [0.25, 0.3) is 5.69 Å². The van der Waals surface area contributed by atoms with Crippen molar-refractivity contribution in [1.82, 2.24) is 0 Å². The summed E-state index contributed by atoms with van der Waals surface area (Å²) < 4.78 is 39.6. The summed E-state index contributed by atoms with van der Waals surface area (Å²) in [4.78, 5) is 14.7. The summed E-state index contributed by atoms with van der Waals surface area (Å²) in [7, 11) is -3.94. The lowest BCUT2D eigenvalue weighted by molar-refractivity contribution is -0.385. The van der Waals surface area contributed by atoms with Crippen molar-refractivity contribution in [3.63, 3.8) is 0 Å². The Morgan fingerprint density at radius 2 is 1.89 bits per heavy atom. The van der Waals surface area contributed by atoms with Crippen LogP contribution in [-0.4, -0.2) is 24.9 Å². The molecule has 0 bridgehead atoms. The van der Waals surface area contributed by atoms with Gasteiger partial charge in [-0.2, -0.15) is 0 Å². The molecular formula is C19H20FN3O4S. The molecule has 1 aliphatic heterocycles. The van der Waals surface area contributed by atoms with Crippen LogP contribution in [0.15, 0.2) is 47.5 Å². The molecule has 0 radical (unpaired) electrons. The predicted octanol–water partition coefficient (Wildman–Crippen LogP) is 2.96. The largest absolute Gasteiger partial charge is 0.386 e. The van der Waals surface area contributed by atoms with E-state index in [2.05, 4.69) is 4.99 Å². The number of nitrogens with zero attached hydrogens (tertiary/aromatic N) is 2. The van der Waals surface area contributed by atoms with E-state index < -0.39 is 36.6 Å². The molecule has 2 atom stereocenters. The monoisotopic (exact) mass is 405 g/mol. The van der Waals surface area contributed by atoms with Gasteiger partial charge in [0.1, 0.15) is 17.2 Å². The molecule has 0 aromatic heterocycles. The van der Waals surface area contributed by atoms with Gasteiger partial charge in [-0.1, -0.05) is 29.8 Å². The summed E-state index contributed by atoms with van der Waals surface area (Å²) >= 11 is 0. The molecule has 0 spiro atoms. The van der Waals surface area contributed by atoms with Crippen molar-refractivity contribution in [1.29, 1.82) is 0 Å². The van der Waals surface area contributed by atoms with Gasteiger partial charge in [-0.05, 0) is 32.4 Å². The molecule has 0 saturated carbocycles. The van der Waals surface area contributed by atoms with Gasteiger partial charge in [0.2, 0.25) is 0 Å². The molecule has 148 valence electrons. The van der Waals surface area contributed by atoms with E-state index in [1.165, 1.54) is 13.8 Å².